The molecule has 0 aliphatic rings. The van der Waals surface area contributed by atoms with Crippen LogP contribution in [0.2, 0.25) is 12.1 Å². The van der Waals surface area contributed by atoms with Crippen LogP contribution in [0.3, 0.4) is 0 Å². The molecule has 7 heteroatoms. The third-order valence-corrected chi connectivity index (χ3v) is 7.94. The molecule has 0 aromatic carbocycles. The lowest BCUT2D eigenvalue weighted by atomic mass is 9.99. The maximum absolute atomic E-state index is 6.05. The van der Waals surface area contributed by atoms with Gasteiger partial charge in [-0.05, 0) is 62.7 Å². The van der Waals surface area contributed by atoms with E-state index in [9.17, 15) is 0 Å². The van der Waals surface area contributed by atoms with E-state index in [1.165, 1.54) is 0 Å². The van der Waals surface area contributed by atoms with Crippen molar-refractivity contribution in [3.8, 4) is 0 Å². The summed E-state index contributed by atoms with van der Waals surface area (Å²) in [6.45, 7) is 22.5. The minimum Gasteiger partial charge on any atom is -0.397 e. The van der Waals surface area contributed by atoms with Crippen molar-refractivity contribution in [2.75, 3.05) is 39.5 Å². The van der Waals surface area contributed by atoms with Crippen LogP contribution < -0.4 is 5.32 Å². The first kappa shape index (κ1) is 27.2. The Hall–Kier alpha value is 0.234. The summed E-state index contributed by atoms with van der Waals surface area (Å²) in [6, 6.07) is 2.14. The van der Waals surface area contributed by atoms with Crippen LogP contribution in [0.4, 0.5) is 0 Å². The van der Waals surface area contributed by atoms with E-state index < -0.39 is 18.6 Å². The molecule has 0 aliphatic heterocycles. The molecule has 0 heterocycles. The van der Waals surface area contributed by atoms with Crippen LogP contribution in [0, 0.1) is 10.8 Å². The fraction of sp³-hybridized carbons (Fsp3) is 1.00. The Morgan fingerprint density at radius 3 is 1.30 bits per heavy atom. The second-order valence-corrected chi connectivity index (χ2v) is 13.8. The van der Waals surface area contributed by atoms with Crippen molar-refractivity contribution in [1.29, 1.82) is 0 Å². The van der Waals surface area contributed by atoms with Gasteiger partial charge in [0.25, 0.3) is 0 Å². The van der Waals surface area contributed by atoms with Gasteiger partial charge < -0.3 is 23.0 Å². The molecule has 0 saturated carbocycles. The van der Waals surface area contributed by atoms with Crippen LogP contribution >= 0.6 is 0 Å². The van der Waals surface area contributed by atoms with Crippen LogP contribution in [0.5, 0.6) is 0 Å². The molecule has 0 aromatic rings. The Kier molecular flexibility index (Phi) is 15.3. The van der Waals surface area contributed by atoms with Gasteiger partial charge >= 0.3 is 18.6 Å². The van der Waals surface area contributed by atoms with Crippen LogP contribution in [0.15, 0.2) is 0 Å². The van der Waals surface area contributed by atoms with Crippen molar-refractivity contribution in [3.63, 3.8) is 0 Å². The first-order valence-corrected chi connectivity index (χ1v) is 14.3. The minimum atomic E-state index is -1.52. The van der Waals surface area contributed by atoms with Crippen molar-refractivity contribution in [1.82, 2.24) is 5.32 Å². The van der Waals surface area contributed by atoms with Gasteiger partial charge in [-0.1, -0.05) is 41.5 Å². The Morgan fingerprint density at radius 1 is 0.630 bits per heavy atom. The standard InChI is InChI=1S/C20H47NO4Si2/c1-9-22-26(24-17-19(3,4)5)15-11-13-21-14-12-16-27(23-10-2)25-18-20(6,7)8/h21,26-27H,9-18H2,1-8H3. The number of nitrogens with one attached hydrogen (secondary N) is 1. The largest absolute Gasteiger partial charge is 0.397 e. The lowest BCUT2D eigenvalue weighted by molar-refractivity contribution is 0.144. The van der Waals surface area contributed by atoms with Gasteiger partial charge in [-0.15, -0.1) is 0 Å². The number of hydrogen-bond donors (Lipinski definition) is 1. The van der Waals surface area contributed by atoms with Gasteiger partial charge in [0.15, 0.2) is 0 Å². The van der Waals surface area contributed by atoms with Crippen LogP contribution in [0.1, 0.15) is 68.2 Å². The highest BCUT2D eigenvalue weighted by Crippen LogP contribution is 2.16. The van der Waals surface area contributed by atoms with Crippen molar-refractivity contribution >= 4 is 18.6 Å². The lowest BCUT2D eigenvalue weighted by Crippen LogP contribution is -2.30. The highest BCUT2D eigenvalue weighted by atomic mass is 28.3. The van der Waals surface area contributed by atoms with Crippen molar-refractivity contribution in [2.24, 2.45) is 10.8 Å². The smallest absolute Gasteiger partial charge is 0.321 e. The zero-order chi connectivity index (χ0) is 20.8. The molecular weight excluding hydrogens is 374 g/mol. The highest BCUT2D eigenvalue weighted by Gasteiger charge is 2.19. The quantitative estimate of drug-likeness (QED) is 0.301. The highest BCUT2D eigenvalue weighted by molar-refractivity contribution is 6.44. The zero-order valence-corrected chi connectivity index (χ0v) is 21.7. The molecule has 0 bridgehead atoms. The Labute approximate surface area is 172 Å². The van der Waals surface area contributed by atoms with Crippen LogP contribution in [-0.2, 0) is 17.7 Å². The second-order valence-electron chi connectivity index (χ2n) is 9.55. The predicted molar refractivity (Wildman–Crippen MR) is 120 cm³/mol. The summed E-state index contributed by atoms with van der Waals surface area (Å²) < 4.78 is 23.8. The van der Waals surface area contributed by atoms with E-state index in [4.69, 9.17) is 17.7 Å². The van der Waals surface area contributed by atoms with Crippen molar-refractivity contribution in [2.45, 2.75) is 80.3 Å². The van der Waals surface area contributed by atoms with Crippen molar-refractivity contribution < 1.29 is 17.7 Å². The van der Waals surface area contributed by atoms with Crippen LogP contribution in [0.25, 0.3) is 0 Å². The minimum absolute atomic E-state index is 0.205. The lowest BCUT2D eigenvalue weighted by Gasteiger charge is -2.23. The topological polar surface area (TPSA) is 49.0 Å². The van der Waals surface area contributed by atoms with Gasteiger partial charge in [0.05, 0.1) is 0 Å². The third kappa shape index (κ3) is 19.3. The first-order chi connectivity index (χ1) is 12.6. The first-order valence-electron chi connectivity index (χ1n) is 10.7. The Morgan fingerprint density at radius 2 is 1.00 bits per heavy atom. The average Bonchev–Trinajstić information content (AvgIpc) is 2.54. The fourth-order valence-electron chi connectivity index (χ4n) is 2.40. The van der Waals surface area contributed by atoms with Crippen LogP contribution in [-0.4, -0.2) is 58.1 Å². The number of hydrogen-bond acceptors (Lipinski definition) is 5. The monoisotopic (exact) mass is 421 g/mol. The molecule has 0 aromatic heterocycles. The molecule has 0 rings (SSSR count). The number of rotatable bonds is 16. The van der Waals surface area contributed by atoms with E-state index in [1.807, 2.05) is 0 Å². The predicted octanol–water partition coefficient (Wildman–Crippen LogP) is 4.00. The molecule has 2 atom stereocenters. The van der Waals surface area contributed by atoms with E-state index >= 15 is 0 Å². The summed E-state index contributed by atoms with van der Waals surface area (Å²) in [4.78, 5) is 0. The van der Waals surface area contributed by atoms with E-state index in [0.29, 0.717) is 0 Å². The SMILES string of the molecule is CCO[SiH](CCCNCCC[SiH](OCC)OCC(C)(C)C)OCC(C)(C)C. The molecule has 2 unspecified atom stereocenters. The molecular formula is C20H47NO4Si2. The average molecular weight is 422 g/mol. The Balaban J connectivity index is 3.85. The molecule has 0 amide bonds. The van der Waals surface area contributed by atoms with Crippen molar-refractivity contribution in [3.05, 3.63) is 0 Å². The summed E-state index contributed by atoms with van der Waals surface area (Å²) in [5.74, 6) is 0. The summed E-state index contributed by atoms with van der Waals surface area (Å²) in [5.41, 5.74) is 0.410. The Bertz CT molecular complexity index is 314. The second kappa shape index (κ2) is 15.1. The van der Waals surface area contributed by atoms with Gasteiger partial charge in [0, 0.05) is 26.4 Å². The summed E-state index contributed by atoms with van der Waals surface area (Å²) in [5, 5.41) is 3.55. The third-order valence-electron chi connectivity index (χ3n) is 3.70. The maximum atomic E-state index is 6.05. The fourth-order valence-corrected chi connectivity index (χ4v) is 6.45. The summed E-state index contributed by atoms with van der Waals surface area (Å²) >= 11 is 0. The zero-order valence-electron chi connectivity index (χ0n) is 19.4. The molecule has 27 heavy (non-hydrogen) atoms. The molecule has 164 valence electrons. The van der Waals surface area contributed by atoms with E-state index in [2.05, 4.69) is 60.7 Å². The van der Waals surface area contributed by atoms with E-state index in [1.54, 1.807) is 0 Å². The molecule has 0 saturated heterocycles. The summed E-state index contributed by atoms with van der Waals surface area (Å²) in [7, 11) is -3.03. The molecule has 0 aliphatic carbocycles. The molecule has 5 nitrogen and oxygen atoms in total. The summed E-state index contributed by atoms with van der Waals surface area (Å²) in [6.07, 6.45) is 2.24. The van der Waals surface area contributed by atoms with Gasteiger partial charge in [0.2, 0.25) is 0 Å². The van der Waals surface area contributed by atoms with Gasteiger partial charge in [-0.2, -0.15) is 0 Å². The molecule has 0 fully saturated rings. The molecule has 1 N–H and O–H groups in total. The van der Waals surface area contributed by atoms with E-state index in [-0.39, 0.29) is 10.8 Å². The molecule has 0 spiro atoms. The van der Waals surface area contributed by atoms with E-state index in [0.717, 1.165) is 64.4 Å². The maximum Gasteiger partial charge on any atom is 0.321 e. The van der Waals surface area contributed by atoms with Gasteiger partial charge in [-0.25, -0.2) is 0 Å². The normalized spacial score (nSPS) is 15.1. The molecule has 0 radical (unpaired) electrons. The van der Waals surface area contributed by atoms with Gasteiger partial charge in [-0.3, -0.25) is 0 Å². The van der Waals surface area contributed by atoms with Gasteiger partial charge in [0.1, 0.15) is 0 Å².